The molecule has 0 bridgehead atoms. The van der Waals surface area contributed by atoms with Gasteiger partial charge in [-0.05, 0) is 37.1 Å². The van der Waals surface area contributed by atoms with Crippen LogP contribution in [0.2, 0.25) is 0 Å². The van der Waals surface area contributed by atoms with Crippen LogP contribution in [0.25, 0.3) is 0 Å². The summed E-state index contributed by atoms with van der Waals surface area (Å²) in [5.74, 6) is 0.503. The fraction of sp³-hybridized carbons (Fsp3) is 0.278. The third-order valence-corrected chi connectivity index (χ3v) is 3.75. The number of hydrogen-bond donors (Lipinski definition) is 1. The van der Waals surface area contributed by atoms with Crippen molar-refractivity contribution in [2.75, 3.05) is 20.8 Å². The molecule has 0 aromatic heterocycles. The maximum atomic E-state index is 12.2. The van der Waals surface area contributed by atoms with Crippen molar-refractivity contribution < 1.29 is 19.2 Å². The monoisotopic (exact) mass is 344 g/mol. The van der Waals surface area contributed by atoms with Gasteiger partial charge in [-0.2, -0.15) is 0 Å². The number of nitro benzene ring substituents is 1. The smallest absolute Gasteiger partial charge is 0.311 e. The molecule has 132 valence electrons. The van der Waals surface area contributed by atoms with E-state index in [0.717, 1.165) is 16.9 Å². The summed E-state index contributed by atoms with van der Waals surface area (Å²) < 4.78 is 10.2. The van der Waals surface area contributed by atoms with E-state index in [9.17, 15) is 14.9 Å². The number of carbonyl (C=O) groups is 1. The SMILES string of the molecule is COc1ccc(C)cc1CCNC(=O)c1ccc(OC)c([N+](=O)[O-])c1. The van der Waals surface area contributed by atoms with Gasteiger partial charge in [-0.1, -0.05) is 17.7 Å². The van der Waals surface area contributed by atoms with E-state index in [1.165, 1.54) is 25.3 Å². The first-order valence-corrected chi connectivity index (χ1v) is 7.70. The number of nitro groups is 1. The number of nitrogens with one attached hydrogen (secondary N) is 1. The van der Waals surface area contributed by atoms with Crippen molar-refractivity contribution in [3.63, 3.8) is 0 Å². The maximum absolute atomic E-state index is 12.2. The van der Waals surface area contributed by atoms with Crippen LogP contribution in [0.3, 0.4) is 0 Å². The van der Waals surface area contributed by atoms with Crippen molar-refractivity contribution in [1.82, 2.24) is 5.32 Å². The number of carbonyl (C=O) groups excluding carboxylic acids is 1. The van der Waals surface area contributed by atoms with Crippen LogP contribution in [0.1, 0.15) is 21.5 Å². The van der Waals surface area contributed by atoms with E-state index in [4.69, 9.17) is 9.47 Å². The molecule has 7 nitrogen and oxygen atoms in total. The second-order valence-electron chi connectivity index (χ2n) is 5.46. The predicted octanol–water partition coefficient (Wildman–Crippen LogP) is 2.89. The predicted molar refractivity (Wildman–Crippen MR) is 93.4 cm³/mol. The number of aryl methyl sites for hydroxylation is 1. The Morgan fingerprint density at radius 1 is 1.12 bits per heavy atom. The molecule has 0 radical (unpaired) electrons. The topological polar surface area (TPSA) is 90.7 Å². The van der Waals surface area contributed by atoms with Gasteiger partial charge in [-0.25, -0.2) is 0 Å². The highest BCUT2D eigenvalue weighted by atomic mass is 16.6. The fourth-order valence-corrected chi connectivity index (χ4v) is 2.49. The molecular formula is C18H20N2O5. The summed E-state index contributed by atoms with van der Waals surface area (Å²) in [7, 11) is 2.94. The van der Waals surface area contributed by atoms with Crippen LogP contribution in [0.15, 0.2) is 36.4 Å². The van der Waals surface area contributed by atoms with E-state index >= 15 is 0 Å². The molecule has 2 rings (SSSR count). The molecule has 2 aromatic carbocycles. The molecule has 0 atom stereocenters. The quantitative estimate of drug-likeness (QED) is 0.616. The van der Waals surface area contributed by atoms with Crippen LogP contribution in [0, 0.1) is 17.0 Å². The molecule has 0 aliphatic carbocycles. The van der Waals surface area contributed by atoms with Crippen LogP contribution < -0.4 is 14.8 Å². The molecule has 0 fully saturated rings. The Labute approximate surface area is 145 Å². The van der Waals surface area contributed by atoms with E-state index in [1.54, 1.807) is 7.11 Å². The van der Waals surface area contributed by atoms with Crippen LogP contribution >= 0.6 is 0 Å². The number of ether oxygens (including phenoxy) is 2. The lowest BCUT2D eigenvalue weighted by Gasteiger charge is -2.10. The van der Waals surface area contributed by atoms with Gasteiger partial charge in [0, 0.05) is 18.2 Å². The molecule has 0 saturated carbocycles. The average molecular weight is 344 g/mol. The van der Waals surface area contributed by atoms with Crippen molar-refractivity contribution in [1.29, 1.82) is 0 Å². The summed E-state index contributed by atoms with van der Waals surface area (Å²) in [5, 5.41) is 13.8. The van der Waals surface area contributed by atoms with Crippen molar-refractivity contribution in [3.8, 4) is 11.5 Å². The third kappa shape index (κ3) is 4.47. The van der Waals surface area contributed by atoms with Gasteiger partial charge in [0.2, 0.25) is 0 Å². The molecular weight excluding hydrogens is 324 g/mol. The number of hydrogen-bond acceptors (Lipinski definition) is 5. The standard InChI is InChI=1S/C18H20N2O5/c1-12-4-6-16(24-2)13(10-12)8-9-19-18(21)14-5-7-17(25-3)15(11-14)20(22)23/h4-7,10-11H,8-9H2,1-3H3,(H,19,21). The minimum atomic E-state index is -0.576. The van der Waals surface area contributed by atoms with Gasteiger partial charge in [0.15, 0.2) is 5.75 Å². The molecule has 0 aliphatic heterocycles. The largest absolute Gasteiger partial charge is 0.496 e. The number of rotatable bonds is 7. The van der Waals surface area contributed by atoms with Gasteiger partial charge >= 0.3 is 5.69 Å². The second kappa shape index (κ2) is 8.14. The van der Waals surface area contributed by atoms with Crippen LogP contribution in [-0.4, -0.2) is 31.6 Å². The number of benzene rings is 2. The molecule has 1 amide bonds. The molecule has 0 heterocycles. The zero-order chi connectivity index (χ0) is 18.4. The molecule has 25 heavy (non-hydrogen) atoms. The maximum Gasteiger partial charge on any atom is 0.311 e. The molecule has 0 aliphatic rings. The molecule has 1 N–H and O–H groups in total. The van der Waals surface area contributed by atoms with E-state index in [1.807, 2.05) is 25.1 Å². The summed E-state index contributed by atoms with van der Waals surface area (Å²) in [4.78, 5) is 22.7. The Morgan fingerprint density at radius 2 is 1.80 bits per heavy atom. The fourth-order valence-electron chi connectivity index (χ4n) is 2.49. The Balaban J connectivity index is 2.05. The summed E-state index contributed by atoms with van der Waals surface area (Å²) in [6.45, 7) is 2.37. The molecule has 0 spiro atoms. The Hall–Kier alpha value is -3.09. The highest BCUT2D eigenvalue weighted by Crippen LogP contribution is 2.27. The first kappa shape index (κ1) is 18.3. The van der Waals surface area contributed by atoms with Gasteiger partial charge in [-0.3, -0.25) is 14.9 Å². The van der Waals surface area contributed by atoms with Gasteiger partial charge in [0.05, 0.1) is 19.1 Å². The van der Waals surface area contributed by atoms with E-state index in [0.29, 0.717) is 13.0 Å². The average Bonchev–Trinajstić information content (AvgIpc) is 2.61. The van der Waals surface area contributed by atoms with E-state index in [-0.39, 0.29) is 22.9 Å². The van der Waals surface area contributed by atoms with Crippen LogP contribution in [-0.2, 0) is 6.42 Å². The minimum Gasteiger partial charge on any atom is -0.496 e. The van der Waals surface area contributed by atoms with Crippen molar-refractivity contribution in [3.05, 3.63) is 63.2 Å². The van der Waals surface area contributed by atoms with Crippen LogP contribution in [0.5, 0.6) is 11.5 Å². The second-order valence-corrected chi connectivity index (χ2v) is 5.46. The zero-order valence-corrected chi connectivity index (χ0v) is 14.4. The van der Waals surface area contributed by atoms with Crippen molar-refractivity contribution >= 4 is 11.6 Å². The summed E-state index contributed by atoms with van der Waals surface area (Å²) in [5.41, 5.74) is 2.07. The summed E-state index contributed by atoms with van der Waals surface area (Å²) in [6.07, 6.45) is 0.592. The highest BCUT2D eigenvalue weighted by Gasteiger charge is 2.18. The van der Waals surface area contributed by atoms with Gasteiger partial charge in [0.25, 0.3) is 5.91 Å². The highest BCUT2D eigenvalue weighted by molar-refractivity contribution is 5.95. The molecule has 2 aromatic rings. The van der Waals surface area contributed by atoms with E-state index in [2.05, 4.69) is 5.32 Å². The molecule has 0 saturated heterocycles. The summed E-state index contributed by atoms with van der Waals surface area (Å²) >= 11 is 0. The van der Waals surface area contributed by atoms with Gasteiger partial charge in [0.1, 0.15) is 5.75 Å². The number of methoxy groups -OCH3 is 2. The lowest BCUT2D eigenvalue weighted by atomic mass is 10.1. The lowest BCUT2D eigenvalue weighted by molar-refractivity contribution is -0.385. The number of amides is 1. The van der Waals surface area contributed by atoms with Gasteiger partial charge in [-0.15, -0.1) is 0 Å². The van der Waals surface area contributed by atoms with Crippen molar-refractivity contribution in [2.24, 2.45) is 0 Å². The first-order valence-electron chi connectivity index (χ1n) is 7.70. The molecule has 7 heteroatoms. The van der Waals surface area contributed by atoms with Gasteiger partial charge < -0.3 is 14.8 Å². The summed E-state index contributed by atoms with van der Waals surface area (Å²) in [6, 6.07) is 9.96. The zero-order valence-electron chi connectivity index (χ0n) is 14.4. The lowest BCUT2D eigenvalue weighted by Crippen LogP contribution is -2.25. The Bertz CT molecular complexity index is 789. The number of nitrogens with zero attached hydrogens (tertiary/aromatic N) is 1. The Kier molecular flexibility index (Phi) is 5.94. The van der Waals surface area contributed by atoms with Crippen LogP contribution in [0.4, 0.5) is 5.69 Å². The third-order valence-electron chi connectivity index (χ3n) is 3.75. The first-order chi connectivity index (χ1) is 12.0. The Morgan fingerprint density at radius 3 is 2.44 bits per heavy atom. The van der Waals surface area contributed by atoms with E-state index < -0.39 is 4.92 Å². The van der Waals surface area contributed by atoms with Crippen molar-refractivity contribution in [2.45, 2.75) is 13.3 Å². The molecule has 0 unspecified atom stereocenters. The minimum absolute atomic E-state index is 0.117. The normalized spacial score (nSPS) is 10.2.